The maximum Gasteiger partial charge on any atom is 0.331 e. The maximum absolute atomic E-state index is 13.2. The first-order valence-corrected chi connectivity index (χ1v) is 14.8. The van der Waals surface area contributed by atoms with Gasteiger partial charge in [-0.05, 0) is 26.7 Å². The summed E-state index contributed by atoms with van der Waals surface area (Å²) >= 11 is 0. The Balaban J connectivity index is 2.34. The second-order valence-corrected chi connectivity index (χ2v) is 12.8. The smallest absolute Gasteiger partial charge is 0.331 e. The minimum atomic E-state index is -3.36. The van der Waals surface area contributed by atoms with E-state index < -0.39 is 45.7 Å². The van der Waals surface area contributed by atoms with E-state index in [0.29, 0.717) is 12.0 Å². The molecule has 198 valence electrons. The third kappa shape index (κ3) is 8.33. The molecule has 1 aromatic rings. The van der Waals surface area contributed by atoms with Crippen molar-refractivity contribution >= 4 is 16.0 Å². The second kappa shape index (κ2) is 13.8. The number of H-pyrrole nitrogens is 1. The molecule has 0 aromatic carbocycles. The standard InChI is InChI=1S/C22H37N3O8P2/c1-7-30-35(28,31-8-2)14-17(6)20-18(33-34(15(3)4)29-11-9-10-23)12-19(32-20)25-13-16(5)21(26)24-22(25)27/h13,15,17-20H,7-9,11-12,14H2,1-6H3,(H,24,26,27). The number of aromatic amines is 1. The fraction of sp³-hybridized carbons (Fsp3) is 0.773. The minimum Gasteiger partial charge on any atom is -0.352 e. The van der Waals surface area contributed by atoms with Crippen LogP contribution in [0.5, 0.6) is 0 Å². The van der Waals surface area contributed by atoms with Crippen LogP contribution in [-0.4, -0.2) is 53.4 Å². The fourth-order valence-corrected chi connectivity index (χ4v) is 7.18. The van der Waals surface area contributed by atoms with Crippen molar-refractivity contribution < 1.29 is 27.4 Å². The van der Waals surface area contributed by atoms with Gasteiger partial charge in [-0.15, -0.1) is 0 Å². The molecular formula is C22H37N3O8P2. The number of aromatic nitrogens is 2. The molecular weight excluding hydrogens is 496 g/mol. The van der Waals surface area contributed by atoms with E-state index in [2.05, 4.69) is 11.1 Å². The first-order valence-electron chi connectivity index (χ1n) is 11.9. The van der Waals surface area contributed by atoms with Crippen molar-refractivity contribution in [3.63, 3.8) is 0 Å². The van der Waals surface area contributed by atoms with Gasteiger partial charge in [-0.1, -0.05) is 20.8 Å². The van der Waals surface area contributed by atoms with Gasteiger partial charge >= 0.3 is 13.3 Å². The van der Waals surface area contributed by atoms with E-state index in [4.69, 9.17) is 28.1 Å². The number of nitrogens with zero attached hydrogens (tertiary/aromatic N) is 2. The molecule has 5 atom stereocenters. The van der Waals surface area contributed by atoms with E-state index in [1.807, 2.05) is 20.8 Å². The van der Waals surface area contributed by atoms with E-state index in [0.717, 1.165) is 0 Å². The first kappa shape index (κ1) is 29.9. The molecule has 0 aliphatic carbocycles. The molecule has 1 N–H and O–H groups in total. The zero-order valence-electron chi connectivity index (χ0n) is 21.3. The minimum absolute atomic E-state index is 0.0506. The number of hydrogen-bond donors (Lipinski definition) is 1. The highest BCUT2D eigenvalue weighted by molar-refractivity contribution is 7.53. The van der Waals surface area contributed by atoms with E-state index in [1.54, 1.807) is 20.8 Å². The van der Waals surface area contributed by atoms with E-state index >= 15 is 0 Å². The third-order valence-electron chi connectivity index (χ3n) is 5.39. The molecule has 1 aliphatic heterocycles. The van der Waals surface area contributed by atoms with Gasteiger partial charge in [0.15, 0.2) is 8.38 Å². The van der Waals surface area contributed by atoms with Gasteiger partial charge in [0.25, 0.3) is 5.56 Å². The van der Waals surface area contributed by atoms with Crippen molar-refractivity contribution in [2.24, 2.45) is 5.92 Å². The molecule has 1 fully saturated rings. The molecule has 13 heteroatoms. The summed E-state index contributed by atoms with van der Waals surface area (Å²) < 4.78 is 44.0. The van der Waals surface area contributed by atoms with Crippen LogP contribution < -0.4 is 11.2 Å². The summed E-state index contributed by atoms with van der Waals surface area (Å²) in [7, 11) is -4.71. The molecule has 0 amide bonds. The van der Waals surface area contributed by atoms with Crippen molar-refractivity contribution in [2.45, 2.75) is 78.5 Å². The van der Waals surface area contributed by atoms with E-state index in [1.165, 1.54) is 10.8 Å². The average molecular weight is 533 g/mol. The Bertz CT molecular complexity index is 1010. The molecule has 5 unspecified atom stereocenters. The number of rotatable bonds is 14. The molecule has 2 heterocycles. The van der Waals surface area contributed by atoms with Gasteiger partial charge in [-0.25, -0.2) is 4.79 Å². The zero-order valence-corrected chi connectivity index (χ0v) is 23.1. The lowest BCUT2D eigenvalue weighted by Crippen LogP contribution is -2.34. The summed E-state index contributed by atoms with van der Waals surface area (Å²) in [4.78, 5) is 26.7. The molecule has 0 saturated carbocycles. The number of aryl methyl sites for hydroxylation is 1. The molecule has 11 nitrogen and oxygen atoms in total. The number of nitrogens with one attached hydrogen (secondary N) is 1. The Morgan fingerprint density at radius 1 is 1.29 bits per heavy atom. The van der Waals surface area contributed by atoms with Crippen molar-refractivity contribution in [1.29, 1.82) is 5.26 Å². The monoisotopic (exact) mass is 533 g/mol. The maximum atomic E-state index is 13.2. The Kier molecular flexibility index (Phi) is 11.8. The van der Waals surface area contributed by atoms with Crippen LogP contribution in [-0.2, 0) is 27.4 Å². The number of hydrogen-bond acceptors (Lipinski definition) is 9. The fourth-order valence-electron chi connectivity index (χ4n) is 3.85. The van der Waals surface area contributed by atoms with Crippen LogP contribution in [0.1, 0.15) is 59.3 Å². The van der Waals surface area contributed by atoms with Crippen molar-refractivity contribution in [1.82, 2.24) is 9.55 Å². The Morgan fingerprint density at radius 2 is 1.94 bits per heavy atom. The van der Waals surface area contributed by atoms with Crippen LogP contribution in [0.4, 0.5) is 0 Å². The van der Waals surface area contributed by atoms with Crippen LogP contribution in [0.25, 0.3) is 0 Å². The zero-order chi connectivity index (χ0) is 26.2. The quantitative estimate of drug-likeness (QED) is 0.277. The summed E-state index contributed by atoms with van der Waals surface area (Å²) in [5.41, 5.74) is -0.604. The van der Waals surface area contributed by atoms with E-state index in [9.17, 15) is 14.2 Å². The Hall–Kier alpha value is -1.37. The SMILES string of the molecule is CCOP(=O)(CC(C)C1OC(n2cc(C)c(=O)[nH]c2=O)CC1OP(OCCC#N)C(C)C)OCC. The molecule has 35 heavy (non-hydrogen) atoms. The summed E-state index contributed by atoms with van der Waals surface area (Å²) in [5.74, 6) is -0.309. The van der Waals surface area contributed by atoms with Crippen LogP contribution in [0.15, 0.2) is 15.8 Å². The molecule has 0 radical (unpaired) electrons. The Morgan fingerprint density at radius 3 is 2.51 bits per heavy atom. The molecule has 1 aromatic heterocycles. The normalized spacial score (nSPS) is 22.3. The summed E-state index contributed by atoms with van der Waals surface area (Å²) in [6.45, 7) is 11.7. The van der Waals surface area contributed by atoms with Crippen LogP contribution in [0.3, 0.4) is 0 Å². The van der Waals surface area contributed by atoms with Gasteiger partial charge in [0.1, 0.15) is 6.23 Å². The average Bonchev–Trinajstić information content (AvgIpc) is 3.19. The van der Waals surface area contributed by atoms with Crippen molar-refractivity contribution in [2.75, 3.05) is 26.0 Å². The van der Waals surface area contributed by atoms with E-state index in [-0.39, 0.29) is 44.0 Å². The highest BCUT2D eigenvalue weighted by atomic mass is 31.2. The largest absolute Gasteiger partial charge is 0.352 e. The lowest BCUT2D eigenvalue weighted by Gasteiger charge is -2.30. The third-order valence-corrected chi connectivity index (χ3v) is 9.47. The highest BCUT2D eigenvalue weighted by Gasteiger charge is 2.44. The number of ether oxygens (including phenoxy) is 1. The first-order chi connectivity index (χ1) is 16.5. The molecule has 0 spiro atoms. The number of nitriles is 1. The summed E-state index contributed by atoms with van der Waals surface area (Å²) in [6.07, 6.45) is 0.420. The lowest BCUT2D eigenvalue weighted by atomic mass is 10.0. The predicted octanol–water partition coefficient (Wildman–Crippen LogP) is 4.07. The van der Waals surface area contributed by atoms with Crippen LogP contribution >= 0.6 is 16.0 Å². The van der Waals surface area contributed by atoms with Gasteiger partial charge in [0.2, 0.25) is 0 Å². The molecule has 2 rings (SSSR count). The second-order valence-electron chi connectivity index (χ2n) is 8.64. The van der Waals surface area contributed by atoms with Gasteiger partial charge in [-0.3, -0.25) is 18.9 Å². The predicted molar refractivity (Wildman–Crippen MR) is 133 cm³/mol. The molecule has 0 bridgehead atoms. The highest BCUT2D eigenvalue weighted by Crippen LogP contribution is 2.53. The molecule has 1 saturated heterocycles. The van der Waals surface area contributed by atoms with Gasteiger partial charge < -0.3 is 22.8 Å². The van der Waals surface area contributed by atoms with Crippen LogP contribution in [0, 0.1) is 24.2 Å². The van der Waals surface area contributed by atoms with Gasteiger partial charge in [0, 0.05) is 23.8 Å². The summed E-state index contributed by atoms with van der Waals surface area (Å²) in [5, 5.41) is 8.85. The van der Waals surface area contributed by atoms with Crippen LogP contribution in [0.2, 0.25) is 0 Å². The molecule has 1 aliphatic rings. The van der Waals surface area contributed by atoms with Gasteiger partial charge in [0.05, 0.1) is 50.7 Å². The van der Waals surface area contributed by atoms with Crippen molar-refractivity contribution in [3.8, 4) is 6.07 Å². The summed E-state index contributed by atoms with van der Waals surface area (Å²) in [6, 6.07) is 2.06. The Labute approximate surface area is 207 Å². The van der Waals surface area contributed by atoms with Crippen molar-refractivity contribution in [3.05, 3.63) is 32.6 Å². The van der Waals surface area contributed by atoms with Gasteiger partial charge in [-0.2, -0.15) is 5.26 Å². The lowest BCUT2D eigenvalue weighted by molar-refractivity contribution is -0.0399. The topological polar surface area (TPSA) is 142 Å².